The van der Waals surface area contributed by atoms with E-state index in [0.29, 0.717) is 22.6 Å². The smallest absolute Gasteiger partial charge is 0.326 e. The highest BCUT2D eigenvalue weighted by Gasteiger charge is 2.29. The third-order valence-electron chi connectivity index (χ3n) is 3.55. The molecule has 0 bridgehead atoms. The van der Waals surface area contributed by atoms with Gasteiger partial charge in [0.2, 0.25) is 0 Å². The number of carboxylic acids is 1. The van der Waals surface area contributed by atoms with E-state index in [0.717, 1.165) is 5.39 Å². The fourth-order valence-corrected chi connectivity index (χ4v) is 2.49. The molecule has 2 aromatic rings. The van der Waals surface area contributed by atoms with Crippen molar-refractivity contribution in [2.24, 2.45) is 0 Å². The van der Waals surface area contributed by atoms with Crippen LogP contribution in [0.2, 0.25) is 5.02 Å². The molecule has 0 aliphatic heterocycles. The van der Waals surface area contributed by atoms with Crippen molar-refractivity contribution in [3.63, 3.8) is 0 Å². The minimum Gasteiger partial charge on any atom is -0.480 e. The topological polar surface area (TPSA) is 70.8 Å². The average molecular weight is 310 g/mol. The van der Waals surface area contributed by atoms with E-state index in [1.807, 2.05) is 0 Å². The molecule has 6 heteroatoms. The van der Waals surface area contributed by atoms with Crippen molar-refractivity contribution in [2.45, 2.75) is 26.3 Å². The van der Waals surface area contributed by atoms with Gasteiger partial charge in [-0.3, -0.25) is 4.79 Å². The van der Waals surface area contributed by atoms with E-state index in [1.165, 1.54) is 11.9 Å². The molecular formula is C15H16ClNO4. The van der Waals surface area contributed by atoms with E-state index >= 15 is 0 Å². The number of carbonyl (C=O) groups excluding carboxylic acids is 1. The fourth-order valence-electron chi connectivity index (χ4n) is 2.31. The Kier molecular flexibility index (Phi) is 4.23. The molecule has 1 aromatic heterocycles. The minimum atomic E-state index is -1.04. The number of benzene rings is 1. The Bertz CT molecular complexity index is 707. The SMILES string of the molecule is CCC(C(=O)O)N(C)C(=O)c1oc2ccc(Cl)cc2c1C. The average Bonchev–Trinajstić information content (AvgIpc) is 2.75. The van der Waals surface area contributed by atoms with Gasteiger partial charge in [-0.25, -0.2) is 4.79 Å². The van der Waals surface area contributed by atoms with Gasteiger partial charge in [0.25, 0.3) is 5.91 Å². The number of amides is 1. The fraction of sp³-hybridized carbons (Fsp3) is 0.333. The lowest BCUT2D eigenvalue weighted by Crippen LogP contribution is -2.42. The van der Waals surface area contributed by atoms with E-state index in [-0.39, 0.29) is 5.76 Å². The normalized spacial score (nSPS) is 12.4. The zero-order valence-electron chi connectivity index (χ0n) is 12.0. The molecule has 5 nitrogen and oxygen atoms in total. The van der Waals surface area contributed by atoms with E-state index in [1.54, 1.807) is 32.0 Å². The van der Waals surface area contributed by atoms with Gasteiger partial charge in [-0.15, -0.1) is 0 Å². The van der Waals surface area contributed by atoms with Crippen LogP contribution in [0, 0.1) is 6.92 Å². The van der Waals surface area contributed by atoms with Gasteiger partial charge in [0, 0.05) is 23.0 Å². The lowest BCUT2D eigenvalue weighted by molar-refractivity contribution is -0.142. The van der Waals surface area contributed by atoms with Crippen LogP contribution in [0.15, 0.2) is 22.6 Å². The van der Waals surface area contributed by atoms with Crippen LogP contribution >= 0.6 is 11.6 Å². The molecule has 0 saturated carbocycles. The van der Waals surface area contributed by atoms with Crippen LogP contribution in [0.4, 0.5) is 0 Å². The van der Waals surface area contributed by atoms with Crippen LogP contribution < -0.4 is 0 Å². The Balaban J connectivity index is 2.44. The summed E-state index contributed by atoms with van der Waals surface area (Å²) >= 11 is 5.94. The molecule has 1 atom stereocenters. The number of halogens is 1. The number of hydrogen-bond acceptors (Lipinski definition) is 3. The van der Waals surface area contributed by atoms with Crippen molar-refractivity contribution in [1.82, 2.24) is 4.90 Å². The van der Waals surface area contributed by atoms with Gasteiger partial charge in [0.05, 0.1) is 0 Å². The highest BCUT2D eigenvalue weighted by molar-refractivity contribution is 6.31. The predicted octanol–water partition coefficient (Wildman–Crippen LogP) is 3.33. The first kappa shape index (κ1) is 15.4. The summed E-state index contributed by atoms with van der Waals surface area (Å²) in [5.41, 5.74) is 1.21. The first-order chi connectivity index (χ1) is 9.86. The van der Waals surface area contributed by atoms with Gasteiger partial charge in [-0.1, -0.05) is 18.5 Å². The molecule has 1 aromatic carbocycles. The van der Waals surface area contributed by atoms with Crippen molar-refractivity contribution in [1.29, 1.82) is 0 Å². The second-order valence-corrected chi connectivity index (χ2v) is 5.31. The van der Waals surface area contributed by atoms with Crippen molar-refractivity contribution in [3.8, 4) is 0 Å². The summed E-state index contributed by atoms with van der Waals surface area (Å²) in [5, 5.41) is 10.4. The molecule has 0 aliphatic carbocycles. The van der Waals surface area contributed by atoms with Crippen molar-refractivity contribution in [3.05, 3.63) is 34.5 Å². The molecular weight excluding hydrogens is 294 g/mol. The molecule has 21 heavy (non-hydrogen) atoms. The third kappa shape index (κ3) is 2.74. The molecule has 2 rings (SSSR count). The van der Waals surface area contributed by atoms with Crippen LogP contribution in [0.5, 0.6) is 0 Å². The zero-order valence-corrected chi connectivity index (χ0v) is 12.8. The van der Waals surface area contributed by atoms with E-state index < -0.39 is 17.9 Å². The van der Waals surface area contributed by atoms with Gasteiger partial charge in [0.15, 0.2) is 5.76 Å². The van der Waals surface area contributed by atoms with Crippen LogP contribution in [0.3, 0.4) is 0 Å². The molecule has 0 fully saturated rings. The van der Waals surface area contributed by atoms with E-state index in [2.05, 4.69) is 0 Å². The largest absolute Gasteiger partial charge is 0.480 e. The number of carboxylic acid groups (broad SMARTS) is 1. The molecule has 0 spiro atoms. The molecule has 0 saturated heterocycles. The predicted molar refractivity (Wildman–Crippen MR) is 79.8 cm³/mol. The number of hydrogen-bond donors (Lipinski definition) is 1. The Labute approximate surface area is 127 Å². The van der Waals surface area contributed by atoms with Crippen LogP contribution in [-0.2, 0) is 4.79 Å². The maximum atomic E-state index is 12.5. The van der Waals surface area contributed by atoms with E-state index in [9.17, 15) is 9.59 Å². The zero-order chi connectivity index (χ0) is 15.7. The van der Waals surface area contributed by atoms with Crippen LogP contribution in [0.25, 0.3) is 11.0 Å². The Morgan fingerprint density at radius 3 is 2.67 bits per heavy atom. The Hall–Kier alpha value is -2.01. The lowest BCUT2D eigenvalue weighted by Gasteiger charge is -2.22. The molecule has 0 aliphatic rings. The van der Waals surface area contributed by atoms with Crippen molar-refractivity contribution < 1.29 is 19.1 Å². The summed E-state index contributed by atoms with van der Waals surface area (Å²) in [6.07, 6.45) is 0.322. The lowest BCUT2D eigenvalue weighted by atomic mass is 10.1. The van der Waals surface area contributed by atoms with Gasteiger partial charge in [-0.05, 0) is 31.5 Å². The summed E-state index contributed by atoms with van der Waals surface area (Å²) in [6, 6.07) is 4.21. The van der Waals surface area contributed by atoms with E-state index in [4.69, 9.17) is 21.1 Å². The monoisotopic (exact) mass is 309 g/mol. The number of aliphatic carboxylic acids is 1. The molecule has 1 N–H and O–H groups in total. The number of furan rings is 1. The highest BCUT2D eigenvalue weighted by Crippen LogP contribution is 2.28. The van der Waals surface area contributed by atoms with Crippen molar-refractivity contribution >= 4 is 34.4 Å². The number of fused-ring (bicyclic) bond motifs is 1. The number of nitrogens with zero attached hydrogens (tertiary/aromatic N) is 1. The summed E-state index contributed by atoms with van der Waals surface area (Å²) in [6.45, 7) is 3.47. The molecule has 1 amide bonds. The second-order valence-electron chi connectivity index (χ2n) is 4.88. The Morgan fingerprint density at radius 2 is 2.10 bits per heavy atom. The third-order valence-corrected chi connectivity index (χ3v) is 3.79. The molecule has 112 valence electrons. The first-order valence-electron chi connectivity index (χ1n) is 6.55. The summed E-state index contributed by atoms with van der Waals surface area (Å²) in [7, 11) is 1.46. The van der Waals surface area contributed by atoms with Crippen LogP contribution in [-0.4, -0.2) is 35.0 Å². The van der Waals surface area contributed by atoms with Crippen LogP contribution in [0.1, 0.15) is 29.5 Å². The standard InChI is InChI=1S/C15H16ClNO4/c1-4-11(15(19)20)17(3)14(18)13-8(2)10-7-9(16)5-6-12(10)21-13/h5-7,11H,4H2,1-3H3,(H,19,20). The summed E-state index contributed by atoms with van der Waals surface area (Å²) in [5.74, 6) is -1.34. The van der Waals surface area contributed by atoms with Gasteiger partial charge < -0.3 is 14.4 Å². The van der Waals surface area contributed by atoms with Crippen molar-refractivity contribution in [2.75, 3.05) is 7.05 Å². The van der Waals surface area contributed by atoms with Gasteiger partial charge in [-0.2, -0.15) is 0 Å². The number of likely N-dealkylation sites (N-methyl/N-ethyl adjacent to an activating group) is 1. The summed E-state index contributed by atoms with van der Waals surface area (Å²) < 4.78 is 5.57. The molecule has 0 radical (unpaired) electrons. The first-order valence-corrected chi connectivity index (χ1v) is 6.93. The van der Waals surface area contributed by atoms with Gasteiger partial charge in [0.1, 0.15) is 11.6 Å². The molecule has 1 unspecified atom stereocenters. The highest BCUT2D eigenvalue weighted by atomic mass is 35.5. The quantitative estimate of drug-likeness (QED) is 0.940. The van der Waals surface area contributed by atoms with Gasteiger partial charge >= 0.3 is 5.97 Å². The number of aryl methyl sites for hydroxylation is 1. The number of rotatable bonds is 4. The summed E-state index contributed by atoms with van der Waals surface area (Å²) in [4.78, 5) is 24.8. The minimum absolute atomic E-state index is 0.148. The number of carbonyl (C=O) groups is 2. The molecule has 1 heterocycles. The maximum absolute atomic E-state index is 12.5. The second kappa shape index (κ2) is 5.77. The maximum Gasteiger partial charge on any atom is 0.326 e. The Morgan fingerprint density at radius 1 is 1.43 bits per heavy atom.